The third-order valence-electron chi connectivity index (χ3n) is 4.01. The first-order valence-corrected chi connectivity index (χ1v) is 8.07. The standard InChI is InChI=1S/C19H21NO5/c1-4-24-16-7-5-6-13-11-20(18(21)12-25-19(13)16)14-8-9-15(22-2)17(10-14)23-3/h5-10H,4,11-12H2,1-3H3. The Hall–Kier alpha value is -2.89. The molecule has 0 aromatic heterocycles. The van der Waals surface area contributed by atoms with Gasteiger partial charge in [-0.25, -0.2) is 0 Å². The maximum atomic E-state index is 12.6. The number of benzene rings is 2. The molecule has 2 aromatic rings. The normalized spacial score (nSPS) is 13.6. The van der Waals surface area contributed by atoms with Gasteiger partial charge in [-0.3, -0.25) is 4.79 Å². The summed E-state index contributed by atoms with van der Waals surface area (Å²) in [5.74, 6) is 2.33. The van der Waals surface area contributed by atoms with Crippen molar-refractivity contribution in [2.75, 3.05) is 32.3 Å². The summed E-state index contributed by atoms with van der Waals surface area (Å²) in [7, 11) is 3.15. The number of amides is 1. The lowest BCUT2D eigenvalue weighted by atomic mass is 10.1. The van der Waals surface area contributed by atoms with E-state index in [2.05, 4.69) is 0 Å². The Morgan fingerprint density at radius 2 is 1.88 bits per heavy atom. The molecule has 0 saturated carbocycles. The van der Waals surface area contributed by atoms with Crippen molar-refractivity contribution < 1.29 is 23.7 Å². The van der Waals surface area contributed by atoms with Crippen molar-refractivity contribution in [1.82, 2.24) is 0 Å². The van der Waals surface area contributed by atoms with Gasteiger partial charge in [0.2, 0.25) is 0 Å². The van der Waals surface area contributed by atoms with Crippen molar-refractivity contribution >= 4 is 11.6 Å². The van der Waals surface area contributed by atoms with Crippen LogP contribution in [0.3, 0.4) is 0 Å². The van der Waals surface area contributed by atoms with E-state index in [1.54, 1.807) is 31.3 Å². The Labute approximate surface area is 146 Å². The van der Waals surface area contributed by atoms with E-state index >= 15 is 0 Å². The van der Waals surface area contributed by atoms with Gasteiger partial charge in [-0.2, -0.15) is 0 Å². The molecule has 1 aliphatic rings. The monoisotopic (exact) mass is 343 g/mol. The summed E-state index contributed by atoms with van der Waals surface area (Å²) in [6.07, 6.45) is 0. The minimum atomic E-state index is -0.133. The Balaban J connectivity index is 1.97. The molecular formula is C19H21NO5. The smallest absolute Gasteiger partial charge is 0.265 e. The number of para-hydroxylation sites is 1. The van der Waals surface area contributed by atoms with Crippen LogP contribution in [-0.2, 0) is 11.3 Å². The van der Waals surface area contributed by atoms with Gasteiger partial charge in [-0.05, 0) is 25.1 Å². The van der Waals surface area contributed by atoms with Crippen molar-refractivity contribution in [2.24, 2.45) is 0 Å². The SMILES string of the molecule is CCOc1cccc2c1OCC(=O)N(c1ccc(OC)c(OC)c1)C2. The predicted octanol–water partition coefficient (Wildman–Crippen LogP) is 3.03. The summed E-state index contributed by atoms with van der Waals surface area (Å²) in [5.41, 5.74) is 1.62. The maximum Gasteiger partial charge on any atom is 0.265 e. The van der Waals surface area contributed by atoms with E-state index < -0.39 is 0 Å². The summed E-state index contributed by atoms with van der Waals surface area (Å²) in [5, 5.41) is 0. The zero-order chi connectivity index (χ0) is 17.8. The van der Waals surface area contributed by atoms with Gasteiger partial charge in [0.1, 0.15) is 0 Å². The van der Waals surface area contributed by atoms with Gasteiger partial charge in [0.25, 0.3) is 5.91 Å². The molecule has 0 radical (unpaired) electrons. The number of nitrogens with zero attached hydrogens (tertiary/aromatic N) is 1. The van der Waals surface area contributed by atoms with E-state index in [1.165, 1.54) is 0 Å². The lowest BCUT2D eigenvalue weighted by molar-refractivity contribution is -0.120. The Kier molecular flexibility index (Phi) is 4.97. The zero-order valence-corrected chi connectivity index (χ0v) is 14.6. The average molecular weight is 343 g/mol. The highest BCUT2D eigenvalue weighted by molar-refractivity contribution is 5.95. The lowest BCUT2D eigenvalue weighted by Crippen LogP contribution is -2.32. The highest BCUT2D eigenvalue weighted by Crippen LogP contribution is 2.37. The van der Waals surface area contributed by atoms with Crippen LogP contribution in [-0.4, -0.2) is 33.3 Å². The number of hydrogen-bond acceptors (Lipinski definition) is 5. The number of anilines is 1. The third kappa shape index (κ3) is 3.33. The van der Waals surface area contributed by atoms with Gasteiger partial charge in [0.05, 0.1) is 27.4 Å². The molecule has 6 nitrogen and oxygen atoms in total. The Morgan fingerprint density at radius 3 is 2.60 bits per heavy atom. The van der Waals surface area contributed by atoms with Gasteiger partial charge in [-0.1, -0.05) is 12.1 Å². The summed E-state index contributed by atoms with van der Waals surface area (Å²) in [6.45, 7) is 2.79. The number of methoxy groups -OCH3 is 2. The molecule has 0 fully saturated rings. The molecule has 0 spiro atoms. The molecule has 0 N–H and O–H groups in total. The second-order valence-corrected chi connectivity index (χ2v) is 5.49. The minimum absolute atomic E-state index is 0.0502. The van der Waals surface area contributed by atoms with Crippen molar-refractivity contribution in [3.05, 3.63) is 42.0 Å². The highest BCUT2D eigenvalue weighted by atomic mass is 16.5. The van der Waals surface area contributed by atoms with Crippen molar-refractivity contribution in [3.8, 4) is 23.0 Å². The number of ether oxygens (including phenoxy) is 4. The largest absolute Gasteiger partial charge is 0.493 e. The van der Waals surface area contributed by atoms with Crippen LogP contribution >= 0.6 is 0 Å². The first kappa shape index (κ1) is 17.0. The minimum Gasteiger partial charge on any atom is -0.493 e. The topological polar surface area (TPSA) is 57.2 Å². The zero-order valence-electron chi connectivity index (χ0n) is 14.6. The predicted molar refractivity (Wildman–Crippen MR) is 93.8 cm³/mol. The second-order valence-electron chi connectivity index (χ2n) is 5.49. The molecule has 25 heavy (non-hydrogen) atoms. The molecular weight excluding hydrogens is 322 g/mol. The van der Waals surface area contributed by atoms with Crippen molar-refractivity contribution in [2.45, 2.75) is 13.5 Å². The van der Waals surface area contributed by atoms with E-state index in [-0.39, 0.29) is 12.5 Å². The van der Waals surface area contributed by atoms with Crippen molar-refractivity contribution in [3.63, 3.8) is 0 Å². The van der Waals surface area contributed by atoms with E-state index in [9.17, 15) is 4.79 Å². The lowest BCUT2D eigenvalue weighted by Gasteiger charge is -2.21. The van der Waals surface area contributed by atoms with Gasteiger partial charge in [0, 0.05) is 17.3 Å². The van der Waals surface area contributed by atoms with Gasteiger partial charge in [0.15, 0.2) is 29.6 Å². The van der Waals surface area contributed by atoms with Gasteiger partial charge < -0.3 is 23.8 Å². The summed E-state index contributed by atoms with van der Waals surface area (Å²) < 4.78 is 21.9. The fourth-order valence-corrected chi connectivity index (χ4v) is 2.82. The number of rotatable bonds is 5. The van der Waals surface area contributed by atoms with Gasteiger partial charge >= 0.3 is 0 Å². The van der Waals surface area contributed by atoms with Crippen LogP contribution in [0, 0.1) is 0 Å². The van der Waals surface area contributed by atoms with Crippen LogP contribution in [0.4, 0.5) is 5.69 Å². The van der Waals surface area contributed by atoms with Crippen LogP contribution in [0.5, 0.6) is 23.0 Å². The van der Waals surface area contributed by atoms with E-state index in [4.69, 9.17) is 18.9 Å². The Morgan fingerprint density at radius 1 is 1.08 bits per heavy atom. The van der Waals surface area contributed by atoms with E-state index in [1.807, 2.05) is 31.2 Å². The van der Waals surface area contributed by atoms with E-state index in [0.29, 0.717) is 36.1 Å². The highest BCUT2D eigenvalue weighted by Gasteiger charge is 2.25. The van der Waals surface area contributed by atoms with Crippen LogP contribution in [0.1, 0.15) is 12.5 Å². The molecule has 0 saturated heterocycles. The number of carbonyl (C=O) groups is 1. The van der Waals surface area contributed by atoms with Crippen LogP contribution < -0.4 is 23.8 Å². The van der Waals surface area contributed by atoms with Gasteiger partial charge in [-0.15, -0.1) is 0 Å². The molecule has 0 unspecified atom stereocenters. The molecule has 0 aliphatic carbocycles. The Bertz CT molecular complexity index is 774. The molecule has 1 aliphatic heterocycles. The van der Waals surface area contributed by atoms with E-state index in [0.717, 1.165) is 11.3 Å². The molecule has 0 bridgehead atoms. The summed E-state index contributed by atoms with van der Waals surface area (Å²) in [6, 6.07) is 11.1. The molecule has 0 atom stereocenters. The molecule has 1 heterocycles. The molecule has 132 valence electrons. The molecule has 6 heteroatoms. The number of hydrogen-bond donors (Lipinski definition) is 0. The fourth-order valence-electron chi connectivity index (χ4n) is 2.82. The molecule has 2 aromatic carbocycles. The molecule has 1 amide bonds. The third-order valence-corrected chi connectivity index (χ3v) is 4.01. The quantitative estimate of drug-likeness (QED) is 0.835. The first-order chi connectivity index (χ1) is 12.2. The summed E-state index contributed by atoms with van der Waals surface area (Å²) >= 11 is 0. The average Bonchev–Trinajstić information content (AvgIpc) is 2.81. The van der Waals surface area contributed by atoms with Crippen LogP contribution in [0.15, 0.2) is 36.4 Å². The number of fused-ring (bicyclic) bond motifs is 1. The van der Waals surface area contributed by atoms with Crippen LogP contribution in [0.25, 0.3) is 0 Å². The fraction of sp³-hybridized carbons (Fsp3) is 0.316. The van der Waals surface area contributed by atoms with Crippen LogP contribution in [0.2, 0.25) is 0 Å². The molecule has 3 rings (SSSR count). The maximum absolute atomic E-state index is 12.6. The summed E-state index contributed by atoms with van der Waals surface area (Å²) in [4.78, 5) is 14.3. The van der Waals surface area contributed by atoms with Crippen molar-refractivity contribution in [1.29, 1.82) is 0 Å². The second kappa shape index (κ2) is 7.34. The number of carbonyl (C=O) groups excluding carboxylic acids is 1. The first-order valence-electron chi connectivity index (χ1n) is 8.07.